The Bertz CT molecular complexity index is 2390. The van der Waals surface area contributed by atoms with Crippen molar-refractivity contribution in [2.24, 2.45) is 11.3 Å². The summed E-state index contributed by atoms with van der Waals surface area (Å²) >= 11 is 6.62. The third-order valence-electron chi connectivity index (χ3n) is 12.2. The molecule has 3 saturated heterocycles. The molecule has 16 nitrogen and oxygen atoms in total. The minimum atomic E-state index is -5.07. The molecule has 354 valence electrons. The number of carbonyl (C=O) groups is 4. The molecule has 3 fully saturated rings. The van der Waals surface area contributed by atoms with Crippen LogP contribution in [0.1, 0.15) is 69.2 Å². The quantitative estimate of drug-likeness (QED) is 0.136. The lowest BCUT2D eigenvalue weighted by molar-refractivity contribution is -0.274. The summed E-state index contributed by atoms with van der Waals surface area (Å²) in [5, 5.41) is 5.28. The highest BCUT2D eigenvalue weighted by Gasteiger charge is 2.43. The first-order valence-electron chi connectivity index (χ1n) is 21.7. The zero-order valence-electron chi connectivity index (χ0n) is 37.5. The highest BCUT2D eigenvalue weighted by atomic mass is 35.5. The van der Waals surface area contributed by atoms with Crippen molar-refractivity contribution >= 4 is 46.9 Å². The molecule has 5 heterocycles. The lowest BCUT2D eigenvalue weighted by atomic mass is 9.90. The lowest BCUT2D eigenvalue weighted by Crippen LogP contribution is -2.56. The number of anilines is 2. The van der Waals surface area contributed by atoms with E-state index in [0.29, 0.717) is 80.6 Å². The van der Waals surface area contributed by atoms with Crippen LogP contribution in [-0.4, -0.2) is 127 Å². The monoisotopic (exact) mass is 938 g/mol. The molecule has 4 aromatic rings. The summed E-state index contributed by atoms with van der Waals surface area (Å²) in [5.41, 5.74) is 1.11. The Morgan fingerprint density at radius 2 is 1.65 bits per heavy atom. The fourth-order valence-corrected chi connectivity index (χ4v) is 8.88. The number of methoxy groups -OCH3 is 2. The van der Waals surface area contributed by atoms with E-state index >= 15 is 0 Å². The van der Waals surface area contributed by atoms with Crippen LogP contribution in [-0.2, 0) is 23.8 Å². The van der Waals surface area contributed by atoms with E-state index in [4.69, 9.17) is 25.8 Å². The first-order chi connectivity index (χ1) is 31.3. The van der Waals surface area contributed by atoms with Gasteiger partial charge in [0.25, 0.3) is 5.91 Å². The molecule has 4 amide bonds. The fraction of sp³-hybridized carbons (Fsp3) is 0.478. The molecule has 2 aromatic heterocycles. The summed E-state index contributed by atoms with van der Waals surface area (Å²) in [7, 11) is 2.81. The number of pyridine rings is 1. The third-order valence-corrected chi connectivity index (χ3v) is 12.5. The van der Waals surface area contributed by atoms with Crippen molar-refractivity contribution in [1.82, 2.24) is 30.1 Å². The van der Waals surface area contributed by atoms with Crippen molar-refractivity contribution in [2.75, 3.05) is 63.8 Å². The minimum Gasteiger partial charge on any atom is -0.453 e. The van der Waals surface area contributed by atoms with Gasteiger partial charge in [0.1, 0.15) is 23.4 Å². The van der Waals surface area contributed by atoms with Crippen LogP contribution in [0.15, 0.2) is 60.9 Å². The average Bonchev–Trinajstić information content (AvgIpc) is 3.97. The van der Waals surface area contributed by atoms with Gasteiger partial charge in [0.15, 0.2) is 0 Å². The summed E-state index contributed by atoms with van der Waals surface area (Å²) in [6, 6.07) is 10.7. The first-order valence-corrected chi connectivity index (χ1v) is 22.0. The number of halogens is 4. The number of piperazine rings is 1. The van der Waals surface area contributed by atoms with E-state index in [1.807, 2.05) is 37.5 Å². The molecular formula is C46H54ClF3N8O8. The Morgan fingerprint density at radius 3 is 2.27 bits per heavy atom. The first kappa shape index (κ1) is 48.0. The number of ether oxygens (including phenoxy) is 4. The molecule has 3 aliphatic heterocycles. The maximum absolute atomic E-state index is 14.2. The van der Waals surface area contributed by atoms with Crippen LogP contribution in [0, 0.1) is 11.3 Å². The number of H-pyrrole nitrogens is 1. The highest BCUT2D eigenvalue weighted by molar-refractivity contribution is 6.34. The maximum Gasteiger partial charge on any atom is 0.573 e. The van der Waals surface area contributed by atoms with Crippen LogP contribution in [0.4, 0.5) is 29.5 Å². The molecule has 0 bridgehead atoms. The zero-order chi connectivity index (χ0) is 47.5. The van der Waals surface area contributed by atoms with Crippen LogP contribution in [0.3, 0.4) is 0 Å². The van der Waals surface area contributed by atoms with E-state index in [9.17, 15) is 32.3 Å². The summed E-state index contributed by atoms with van der Waals surface area (Å²) < 4.78 is 62.0. The maximum atomic E-state index is 14.2. The predicted octanol–water partition coefficient (Wildman–Crippen LogP) is 7.47. The standard InChI is InChI=1S/C46H54ClF3N8O8/c1-26-24-56(43(61)45(2,3)4)15-16-57(26)38-12-11-30(22-51-38)41(59)54-34-21-37(66-46(48,49)50)32(20-33(34)47)27-7-9-28(10-8-27)35-23-52-40(53-35)36-19-31(63-5)25-58(36)42(60)39(55-44(62)64-6)29-13-17-65-18-14-29/h7-12,20-23,26,29,31,36,39H,13-19,24-25H2,1-6H3,(H,52,53)(H,54,59)(H,55,62)/t26-,31+,36+,39-/m1/s1. The van der Waals surface area contributed by atoms with Gasteiger partial charge in [-0.05, 0) is 55.0 Å². The number of alkyl halides is 3. The van der Waals surface area contributed by atoms with Gasteiger partial charge in [-0.3, -0.25) is 14.4 Å². The number of carbonyl (C=O) groups excluding carboxylic acids is 4. The van der Waals surface area contributed by atoms with Crippen molar-refractivity contribution in [3.8, 4) is 28.1 Å². The summed E-state index contributed by atoms with van der Waals surface area (Å²) in [5.74, 6) is -0.533. The number of aromatic nitrogens is 3. The number of amides is 4. The topological polar surface area (TPSA) is 181 Å². The number of nitrogens with one attached hydrogen (secondary N) is 3. The Morgan fingerprint density at radius 1 is 0.939 bits per heavy atom. The second kappa shape index (κ2) is 19.9. The predicted molar refractivity (Wildman–Crippen MR) is 239 cm³/mol. The molecule has 0 aliphatic carbocycles. The van der Waals surface area contributed by atoms with Gasteiger partial charge in [0.05, 0.1) is 47.4 Å². The smallest absolute Gasteiger partial charge is 0.453 e. The number of benzene rings is 2. The van der Waals surface area contributed by atoms with Gasteiger partial charge in [0.2, 0.25) is 11.8 Å². The van der Waals surface area contributed by atoms with E-state index < -0.39 is 41.6 Å². The molecule has 0 spiro atoms. The lowest BCUT2D eigenvalue weighted by Gasteiger charge is -2.42. The molecule has 0 saturated carbocycles. The number of aromatic amines is 1. The van der Waals surface area contributed by atoms with Crippen molar-refractivity contribution < 1.29 is 51.3 Å². The van der Waals surface area contributed by atoms with Crippen molar-refractivity contribution in [3.05, 3.63) is 77.3 Å². The molecule has 20 heteroatoms. The Labute approximate surface area is 385 Å². The molecular weight excluding hydrogens is 885 g/mol. The van der Waals surface area contributed by atoms with Crippen molar-refractivity contribution in [1.29, 1.82) is 0 Å². The molecule has 4 atom stereocenters. The van der Waals surface area contributed by atoms with E-state index in [-0.39, 0.29) is 58.3 Å². The summed E-state index contributed by atoms with van der Waals surface area (Å²) in [6.07, 6.45) is -1.50. The van der Waals surface area contributed by atoms with Gasteiger partial charge < -0.3 is 49.3 Å². The van der Waals surface area contributed by atoms with Gasteiger partial charge in [-0.15, -0.1) is 13.2 Å². The van der Waals surface area contributed by atoms with Gasteiger partial charge in [-0.25, -0.2) is 14.8 Å². The van der Waals surface area contributed by atoms with Crippen LogP contribution >= 0.6 is 11.6 Å². The molecule has 3 N–H and O–H groups in total. The molecule has 2 aromatic carbocycles. The molecule has 0 unspecified atom stereocenters. The SMILES string of the molecule is COC(=O)N[C@@H](C(=O)N1C[C@@H](OC)C[C@H]1c1ncc(-c2ccc(-c3cc(Cl)c(NC(=O)c4ccc(N5CCN(C(=O)C(C)(C)C)C[C@H]5C)nc4)cc3OC(F)(F)F)cc2)[nH]1)C1CCOCC1. The van der Waals surface area contributed by atoms with Crippen LogP contribution in [0.2, 0.25) is 5.02 Å². The number of alkyl carbamates (subject to hydrolysis) is 1. The minimum absolute atomic E-state index is 0.0157. The second-order valence-corrected chi connectivity index (χ2v) is 18.1. The molecule has 3 aliphatic rings. The number of imidazole rings is 1. The Balaban J connectivity index is 1.06. The summed E-state index contributed by atoms with van der Waals surface area (Å²) in [6.45, 7) is 10.4. The molecule has 0 radical (unpaired) electrons. The number of hydrogen-bond acceptors (Lipinski definition) is 11. The second-order valence-electron chi connectivity index (χ2n) is 17.7. The van der Waals surface area contributed by atoms with E-state index in [1.54, 1.807) is 54.6 Å². The number of nitrogens with zero attached hydrogens (tertiary/aromatic N) is 5. The normalized spacial score (nSPS) is 19.9. The largest absolute Gasteiger partial charge is 0.573 e. The van der Waals surface area contributed by atoms with E-state index in [2.05, 4.69) is 30.3 Å². The van der Waals surface area contributed by atoms with Gasteiger partial charge in [0, 0.05) is 82.2 Å². The number of rotatable bonds is 11. The molecule has 66 heavy (non-hydrogen) atoms. The van der Waals surface area contributed by atoms with Crippen LogP contribution in [0.5, 0.6) is 5.75 Å². The highest BCUT2D eigenvalue weighted by Crippen LogP contribution is 2.41. The van der Waals surface area contributed by atoms with Crippen molar-refractivity contribution in [3.63, 3.8) is 0 Å². The van der Waals surface area contributed by atoms with Gasteiger partial charge in [-0.1, -0.05) is 56.6 Å². The van der Waals surface area contributed by atoms with Gasteiger partial charge >= 0.3 is 12.5 Å². The average molecular weight is 939 g/mol. The number of likely N-dealkylation sites (tertiary alicyclic amines) is 1. The van der Waals surface area contributed by atoms with E-state index in [0.717, 1.165) is 6.07 Å². The Hall–Kier alpha value is -5.92. The number of hydrogen-bond donors (Lipinski definition) is 3. The Kier molecular flexibility index (Phi) is 14.5. The van der Waals surface area contributed by atoms with Crippen molar-refractivity contribution in [2.45, 2.75) is 77.5 Å². The van der Waals surface area contributed by atoms with Crippen LogP contribution < -0.4 is 20.3 Å². The van der Waals surface area contributed by atoms with E-state index in [1.165, 1.54) is 19.4 Å². The van der Waals surface area contributed by atoms with Crippen LogP contribution in [0.25, 0.3) is 22.4 Å². The fourth-order valence-electron chi connectivity index (χ4n) is 8.67. The summed E-state index contributed by atoms with van der Waals surface area (Å²) in [4.78, 5) is 70.7. The van der Waals surface area contributed by atoms with Gasteiger partial charge in [-0.2, -0.15) is 0 Å². The third kappa shape index (κ3) is 11.0. The molecule has 7 rings (SSSR count). The zero-order valence-corrected chi connectivity index (χ0v) is 38.3.